The van der Waals surface area contributed by atoms with Gasteiger partial charge >= 0.3 is 5.97 Å². The number of carbonyl (C=O) groups is 2. The molecule has 0 aliphatic carbocycles. The van der Waals surface area contributed by atoms with Crippen LogP contribution in [-0.2, 0) is 9.53 Å². The number of nitrogens with zero attached hydrogens (tertiary/aromatic N) is 2. The lowest BCUT2D eigenvalue weighted by atomic mass is 10.1. The first kappa shape index (κ1) is 20.2. The fraction of sp³-hybridized carbons (Fsp3) is 0.238. The van der Waals surface area contributed by atoms with E-state index in [4.69, 9.17) is 9.15 Å². The lowest BCUT2D eigenvalue weighted by molar-refractivity contribution is -0.148. The Hall–Kier alpha value is -3.55. The minimum absolute atomic E-state index is 0.0955. The van der Waals surface area contributed by atoms with Crippen molar-refractivity contribution >= 4 is 11.9 Å². The maximum Gasteiger partial charge on any atom is 0.326 e. The van der Waals surface area contributed by atoms with Crippen molar-refractivity contribution in [3.05, 3.63) is 70.9 Å². The van der Waals surface area contributed by atoms with Crippen molar-refractivity contribution in [2.45, 2.75) is 26.9 Å². The molecule has 1 atom stereocenters. The first-order chi connectivity index (χ1) is 13.8. The van der Waals surface area contributed by atoms with Crippen molar-refractivity contribution in [1.82, 2.24) is 15.5 Å². The highest BCUT2D eigenvalue weighted by Crippen LogP contribution is 2.22. The number of halogens is 1. The summed E-state index contributed by atoms with van der Waals surface area (Å²) in [4.78, 5) is 24.2. The Labute approximate surface area is 166 Å². The highest BCUT2D eigenvalue weighted by molar-refractivity contribution is 5.96. The Morgan fingerprint density at radius 1 is 1.10 bits per heavy atom. The van der Waals surface area contributed by atoms with Crippen molar-refractivity contribution in [2.24, 2.45) is 0 Å². The summed E-state index contributed by atoms with van der Waals surface area (Å²) in [5, 5.41) is 10.3. The zero-order valence-corrected chi connectivity index (χ0v) is 16.2. The molecular weight excluding hydrogens is 377 g/mol. The normalized spacial score (nSPS) is 11.7. The minimum atomic E-state index is -0.803. The van der Waals surface area contributed by atoms with E-state index in [0.717, 1.165) is 11.1 Å². The quantitative estimate of drug-likeness (QED) is 0.640. The van der Waals surface area contributed by atoms with Gasteiger partial charge in [0.25, 0.3) is 11.8 Å². The monoisotopic (exact) mass is 397 g/mol. The maximum absolute atomic E-state index is 13.0. The number of aromatic nitrogens is 2. The molecule has 0 saturated heterocycles. The summed E-state index contributed by atoms with van der Waals surface area (Å²) >= 11 is 0. The Bertz CT molecular complexity index is 1030. The molecule has 29 heavy (non-hydrogen) atoms. The van der Waals surface area contributed by atoms with Gasteiger partial charge in [0.2, 0.25) is 5.89 Å². The zero-order valence-electron chi connectivity index (χ0n) is 16.2. The number of aryl methyl sites for hydroxylation is 2. The zero-order chi connectivity index (χ0) is 21.0. The van der Waals surface area contributed by atoms with Gasteiger partial charge in [0.15, 0.2) is 6.10 Å². The van der Waals surface area contributed by atoms with Crippen LogP contribution in [0.2, 0.25) is 0 Å². The number of hydrogen-bond acceptors (Lipinski definition) is 6. The van der Waals surface area contributed by atoms with Crippen LogP contribution >= 0.6 is 0 Å². The third-order valence-corrected chi connectivity index (χ3v) is 4.35. The Balaban J connectivity index is 1.54. The molecule has 150 valence electrons. The topological polar surface area (TPSA) is 94.3 Å². The second kappa shape index (κ2) is 8.64. The van der Waals surface area contributed by atoms with Gasteiger partial charge in [0, 0.05) is 11.1 Å². The van der Waals surface area contributed by atoms with Crippen LogP contribution in [0.1, 0.15) is 40.4 Å². The number of rotatable bonds is 6. The van der Waals surface area contributed by atoms with E-state index in [1.165, 1.54) is 24.3 Å². The van der Waals surface area contributed by atoms with Gasteiger partial charge in [-0.05, 0) is 68.3 Å². The van der Waals surface area contributed by atoms with Crippen LogP contribution < -0.4 is 5.32 Å². The molecule has 0 bridgehead atoms. The van der Waals surface area contributed by atoms with E-state index in [9.17, 15) is 14.0 Å². The molecule has 2 aromatic carbocycles. The van der Waals surface area contributed by atoms with E-state index in [-0.39, 0.29) is 30.1 Å². The highest BCUT2D eigenvalue weighted by atomic mass is 19.1. The molecule has 3 rings (SSSR count). The Kier molecular flexibility index (Phi) is 6.01. The summed E-state index contributed by atoms with van der Waals surface area (Å²) in [5.41, 5.74) is 3.08. The second-order valence-corrected chi connectivity index (χ2v) is 6.57. The summed E-state index contributed by atoms with van der Waals surface area (Å²) in [6, 6.07) is 10.9. The van der Waals surface area contributed by atoms with E-state index in [1.807, 2.05) is 19.9 Å². The van der Waals surface area contributed by atoms with E-state index in [0.29, 0.717) is 11.1 Å². The summed E-state index contributed by atoms with van der Waals surface area (Å²) in [5.74, 6) is -1.10. The third kappa shape index (κ3) is 5.04. The van der Waals surface area contributed by atoms with Crippen LogP contribution in [0.3, 0.4) is 0 Å². The number of benzene rings is 2. The van der Waals surface area contributed by atoms with Gasteiger partial charge in [-0.1, -0.05) is 6.07 Å². The molecule has 0 aliphatic heterocycles. The van der Waals surface area contributed by atoms with Crippen molar-refractivity contribution in [3.63, 3.8) is 0 Å². The second-order valence-electron chi connectivity index (χ2n) is 6.57. The minimum Gasteiger partial charge on any atom is -0.451 e. The third-order valence-electron chi connectivity index (χ3n) is 4.35. The molecule has 0 unspecified atom stereocenters. The molecule has 0 aliphatic rings. The van der Waals surface area contributed by atoms with E-state index in [2.05, 4.69) is 15.5 Å². The molecule has 8 heteroatoms. The van der Waals surface area contributed by atoms with Crippen molar-refractivity contribution in [3.8, 4) is 11.5 Å². The molecule has 0 radical (unpaired) electrons. The van der Waals surface area contributed by atoms with Crippen molar-refractivity contribution < 1.29 is 23.1 Å². The van der Waals surface area contributed by atoms with Gasteiger partial charge in [-0.15, -0.1) is 10.2 Å². The predicted molar refractivity (Wildman–Crippen MR) is 102 cm³/mol. The molecule has 1 heterocycles. The first-order valence-corrected chi connectivity index (χ1v) is 8.98. The van der Waals surface area contributed by atoms with Crippen LogP contribution in [0, 0.1) is 19.7 Å². The molecule has 0 saturated carbocycles. The maximum atomic E-state index is 13.0. The van der Waals surface area contributed by atoms with E-state index >= 15 is 0 Å². The molecule has 7 nitrogen and oxygen atoms in total. The number of nitrogens with one attached hydrogen (secondary N) is 1. The SMILES string of the molecule is Cc1ccc(C(=O)NCC(=O)O[C@H](C)c2nnc(-c3ccc(F)cc3)o2)cc1C. The number of ether oxygens (including phenoxy) is 1. The molecule has 1 amide bonds. The molecule has 1 aromatic heterocycles. The van der Waals surface area contributed by atoms with Crippen LogP contribution in [0.5, 0.6) is 0 Å². The molecular formula is C21H20FN3O4. The average molecular weight is 397 g/mol. The summed E-state index contributed by atoms with van der Waals surface area (Å²) in [7, 11) is 0. The molecule has 1 N–H and O–H groups in total. The summed E-state index contributed by atoms with van der Waals surface area (Å²) < 4.78 is 23.7. The van der Waals surface area contributed by atoms with Gasteiger partial charge in [-0.25, -0.2) is 4.39 Å². The van der Waals surface area contributed by atoms with Gasteiger partial charge < -0.3 is 14.5 Å². The van der Waals surface area contributed by atoms with Crippen LogP contribution in [0.25, 0.3) is 11.5 Å². The van der Waals surface area contributed by atoms with E-state index < -0.39 is 12.1 Å². The van der Waals surface area contributed by atoms with Crippen LogP contribution in [0.4, 0.5) is 4.39 Å². The Morgan fingerprint density at radius 2 is 1.83 bits per heavy atom. The first-order valence-electron chi connectivity index (χ1n) is 8.98. The van der Waals surface area contributed by atoms with E-state index in [1.54, 1.807) is 19.1 Å². The Morgan fingerprint density at radius 3 is 2.52 bits per heavy atom. The number of hydrogen-bond donors (Lipinski definition) is 1. The van der Waals surface area contributed by atoms with Crippen molar-refractivity contribution in [1.29, 1.82) is 0 Å². The highest BCUT2D eigenvalue weighted by Gasteiger charge is 2.19. The standard InChI is InChI=1S/C21H20FN3O4/c1-12-4-5-16(10-13(12)2)19(27)23-11-18(26)28-14(3)20-24-25-21(29-20)15-6-8-17(22)9-7-15/h4-10,14H,11H2,1-3H3,(H,23,27)/t14-/m1/s1. The summed E-state index contributed by atoms with van der Waals surface area (Å²) in [6.07, 6.45) is -0.803. The lowest BCUT2D eigenvalue weighted by Crippen LogP contribution is -2.31. The van der Waals surface area contributed by atoms with Crippen LogP contribution in [-0.4, -0.2) is 28.6 Å². The van der Waals surface area contributed by atoms with Crippen molar-refractivity contribution in [2.75, 3.05) is 6.54 Å². The van der Waals surface area contributed by atoms with Crippen LogP contribution in [0.15, 0.2) is 46.9 Å². The number of amides is 1. The fourth-order valence-electron chi connectivity index (χ4n) is 2.53. The predicted octanol–water partition coefficient (Wildman–Crippen LogP) is 3.53. The lowest BCUT2D eigenvalue weighted by Gasteiger charge is -2.10. The van der Waals surface area contributed by atoms with Gasteiger partial charge in [-0.2, -0.15) is 0 Å². The largest absolute Gasteiger partial charge is 0.451 e. The average Bonchev–Trinajstić information content (AvgIpc) is 3.19. The smallest absolute Gasteiger partial charge is 0.326 e. The number of esters is 1. The molecule has 0 spiro atoms. The van der Waals surface area contributed by atoms with Gasteiger partial charge in [-0.3, -0.25) is 9.59 Å². The fourth-order valence-corrected chi connectivity index (χ4v) is 2.53. The number of carbonyl (C=O) groups excluding carboxylic acids is 2. The molecule has 3 aromatic rings. The molecule has 0 fully saturated rings. The van der Waals surface area contributed by atoms with Gasteiger partial charge in [0.05, 0.1) is 0 Å². The summed E-state index contributed by atoms with van der Waals surface area (Å²) in [6.45, 7) is 5.14. The van der Waals surface area contributed by atoms with Gasteiger partial charge in [0.1, 0.15) is 12.4 Å².